The molecule has 20 heavy (non-hydrogen) atoms. The molecule has 3 heteroatoms. The van der Waals surface area contributed by atoms with E-state index in [1.165, 1.54) is 5.56 Å². The smallest absolute Gasteiger partial charge is 0.403 e. The van der Waals surface area contributed by atoms with Crippen molar-refractivity contribution in [2.24, 2.45) is 0 Å². The van der Waals surface area contributed by atoms with E-state index in [0.29, 0.717) is 0 Å². The van der Waals surface area contributed by atoms with Crippen molar-refractivity contribution in [2.75, 3.05) is 0 Å². The van der Waals surface area contributed by atoms with E-state index in [9.17, 15) is 0 Å². The molecular weight excluding hydrogens is 247 g/mol. The van der Waals surface area contributed by atoms with Crippen LogP contribution in [0.3, 0.4) is 0 Å². The van der Waals surface area contributed by atoms with E-state index in [0.717, 1.165) is 12.8 Å². The Bertz CT molecular complexity index is 439. The maximum atomic E-state index is 6.27. The largest absolute Gasteiger partial charge is 0.464 e. The van der Waals surface area contributed by atoms with Gasteiger partial charge in [0.05, 0.1) is 11.2 Å². The molecule has 2 rings (SSSR count). The lowest BCUT2D eigenvalue weighted by Gasteiger charge is -2.32. The van der Waals surface area contributed by atoms with Crippen LogP contribution in [-0.4, -0.2) is 18.3 Å². The van der Waals surface area contributed by atoms with E-state index in [2.05, 4.69) is 71.9 Å². The summed E-state index contributed by atoms with van der Waals surface area (Å²) in [7, 11) is -0.155. The molecule has 0 aromatic heterocycles. The first-order valence-corrected chi connectivity index (χ1v) is 7.60. The fraction of sp³-hybridized carbons (Fsp3) is 0.647. The summed E-state index contributed by atoms with van der Waals surface area (Å²) < 4.78 is 12.5. The Labute approximate surface area is 124 Å². The summed E-state index contributed by atoms with van der Waals surface area (Å²) in [6, 6.07) is 10.6. The zero-order valence-electron chi connectivity index (χ0n) is 13.7. The number of benzene rings is 1. The van der Waals surface area contributed by atoms with Gasteiger partial charge in [0.25, 0.3) is 0 Å². The highest BCUT2D eigenvalue weighted by atomic mass is 16.7. The zero-order valence-corrected chi connectivity index (χ0v) is 13.7. The second kappa shape index (κ2) is 5.20. The molecule has 0 aliphatic carbocycles. The summed E-state index contributed by atoms with van der Waals surface area (Å²) >= 11 is 0. The minimum Gasteiger partial charge on any atom is -0.403 e. The molecule has 1 aromatic rings. The van der Waals surface area contributed by atoms with Crippen molar-refractivity contribution in [3.8, 4) is 0 Å². The van der Waals surface area contributed by atoms with Crippen LogP contribution in [0.1, 0.15) is 53.5 Å². The van der Waals surface area contributed by atoms with Gasteiger partial charge in [-0.1, -0.05) is 50.6 Å². The fourth-order valence-corrected chi connectivity index (χ4v) is 2.56. The van der Waals surface area contributed by atoms with Gasteiger partial charge in [-0.15, -0.1) is 0 Å². The van der Waals surface area contributed by atoms with Crippen molar-refractivity contribution in [1.82, 2.24) is 0 Å². The van der Waals surface area contributed by atoms with Gasteiger partial charge in [0, 0.05) is 5.31 Å². The fourth-order valence-electron chi connectivity index (χ4n) is 2.56. The number of hydrogen-bond acceptors (Lipinski definition) is 2. The Hall–Kier alpha value is -0.795. The molecular formula is C17H27BO2. The van der Waals surface area contributed by atoms with Crippen molar-refractivity contribution in [3.63, 3.8) is 0 Å². The minimum absolute atomic E-state index is 0.00755. The Kier molecular flexibility index (Phi) is 4.05. The van der Waals surface area contributed by atoms with E-state index in [-0.39, 0.29) is 23.6 Å². The third-order valence-corrected chi connectivity index (χ3v) is 5.08. The lowest BCUT2D eigenvalue weighted by molar-refractivity contribution is 0.00578. The quantitative estimate of drug-likeness (QED) is 0.753. The van der Waals surface area contributed by atoms with Crippen LogP contribution in [0.4, 0.5) is 0 Å². The van der Waals surface area contributed by atoms with Gasteiger partial charge in [0.1, 0.15) is 0 Å². The van der Waals surface area contributed by atoms with Crippen LogP contribution in [-0.2, 0) is 15.7 Å². The summed E-state index contributed by atoms with van der Waals surface area (Å²) in [5, 5.41) is -0.00755. The van der Waals surface area contributed by atoms with Crippen molar-refractivity contribution < 1.29 is 9.31 Å². The van der Waals surface area contributed by atoms with Crippen molar-refractivity contribution in [2.45, 2.75) is 70.9 Å². The minimum atomic E-state index is -0.259. The van der Waals surface area contributed by atoms with Gasteiger partial charge in [-0.25, -0.2) is 0 Å². The Morgan fingerprint density at radius 1 is 1.00 bits per heavy atom. The lowest BCUT2D eigenvalue weighted by atomic mass is 9.54. The average Bonchev–Trinajstić information content (AvgIpc) is 2.60. The summed E-state index contributed by atoms with van der Waals surface area (Å²) in [4.78, 5) is 0. The summed E-state index contributed by atoms with van der Waals surface area (Å²) in [5.74, 6) is 0. The van der Waals surface area contributed by atoms with Gasteiger partial charge >= 0.3 is 7.12 Å². The first-order chi connectivity index (χ1) is 9.20. The molecule has 110 valence electrons. The predicted molar refractivity (Wildman–Crippen MR) is 84.9 cm³/mol. The highest BCUT2D eigenvalue weighted by molar-refractivity contribution is 6.49. The van der Waals surface area contributed by atoms with Crippen LogP contribution in [0.2, 0.25) is 5.31 Å². The second-order valence-electron chi connectivity index (χ2n) is 7.26. The molecule has 1 heterocycles. The molecule has 1 atom stereocenters. The Morgan fingerprint density at radius 3 is 1.95 bits per heavy atom. The van der Waals surface area contributed by atoms with Crippen molar-refractivity contribution in [3.05, 3.63) is 35.9 Å². The standard InChI is InChI=1S/C17H27BO2/c1-7-17(6,13-14-11-9-8-10-12-14)18-19-15(2,3)16(4,5)20-18/h8-12H,7,13H2,1-6H3/t17-/m0/s1. The van der Waals surface area contributed by atoms with Crippen molar-refractivity contribution in [1.29, 1.82) is 0 Å². The summed E-state index contributed by atoms with van der Waals surface area (Å²) in [6.45, 7) is 12.9. The highest BCUT2D eigenvalue weighted by Crippen LogP contribution is 2.48. The van der Waals surface area contributed by atoms with E-state index in [1.807, 2.05) is 0 Å². The molecule has 2 nitrogen and oxygen atoms in total. The van der Waals surface area contributed by atoms with Gasteiger partial charge in [0.2, 0.25) is 0 Å². The van der Waals surface area contributed by atoms with Gasteiger partial charge in [0.15, 0.2) is 0 Å². The van der Waals surface area contributed by atoms with Gasteiger partial charge in [-0.2, -0.15) is 0 Å². The van der Waals surface area contributed by atoms with E-state index in [4.69, 9.17) is 9.31 Å². The highest BCUT2D eigenvalue weighted by Gasteiger charge is 2.57. The molecule has 1 saturated heterocycles. The van der Waals surface area contributed by atoms with E-state index in [1.54, 1.807) is 0 Å². The van der Waals surface area contributed by atoms with Crippen LogP contribution < -0.4 is 0 Å². The third-order valence-electron chi connectivity index (χ3n) is 5.08. The molecule has 0 bridgehead atoms. The van der Waals surface area contributed by atoms with Crippen LogP contribution in [0.25, 0.3) is 0 Å². The molecule has 1 fully saturated rings. The molecule has 0 N–H and O–H groups in total. The molecule has 0 spiro atoms. The molecule has 1 aromatic carbocycles. The van der Waals surface area contributed by atoms with Gasteiger partial charge in [-0.05, 0) is 39.7 Å². The Balaban J connectivity index is 2.20. The van der Waals surface area contributed by atoms with Crippen LogP contribution in [0.5, 0.6) is 0 Å². The first-order valence-electron chi connectivity index (χ1n) is 7.60. The zero-order chi connectivity index (χ0) is 15.0. The monoisotopic (exact) mass is 274 g/mol. The molecule has 0 saturated carbocycles. The van der Waals surface area contributed by atoms with Crippen LogP contribution in [0.15, 0.2) is 30.3 Å². The van der Waals surface area contributed by atoms with Crippen LogP contribution in [0, 0.1) is 0 Å². The van der Waals surface area contributed by atoms with Crippen LogP contribution >= 0.6 is 0 Å². The van der Waals surface area contributed by atoms with Crippen molar-refractivity contribution >= 4 is 7.12 Å². The normalized spacial score (nSPS) is 23.6. The molecule has 1 aliphatic rings. The SMILES string of the molecule is CC[C@@](C)(Cc1ccccc1)B1OC(C)(C)C(C)(C)O1. The van der Waals surface area contributed by atoms with Gasteiger partial charge in [-0.3, -0.25) is 0 Å². The summed E-state index contributed by atoms with van der Waals surface area (Å²) in [6.07, 6.45) is 2.00. The maximum absolute atomic E-state index is 6.27. The molecule has 1 aliphatic heterocycles. The number of rotatable bonds is 4. The molecule has 0 radical (unpaired) electrons. The van der Waals surface area contributed by atoms with E-state index >= 15 is 0 Å². The second-order valence-corrected chi connectivity index (χ2v) is 7.26. The topological polar surface area (TPSA) is 18.5 Å². The lowest BCUT2D eigenvalue weighted by Crippen LogP contribution is -2.41. The van der Waals surface area contributed by atoms with Gasteiger partial charge < -0.3 is 9.31 Å². The predicted octanol–water partition coefficient (Wildman–Crippen LogP) is 4.49. The maximum Gasteiger partial charge on any atom is 0.464 e. The Morgan fingerprint density at radius 2 is 1.50 bits per heavy atom. The molecule has 0 amide bonds. The number of hydrogen-bond donors (Lipinski definition) is 0. The summed E-state index contributed by atoms with van der Waals surface area (Å²) in [5.41, 5.74) is 0.821. The third kappa shape index (κ3) is 2.80. The molecule has 0 unspecified atom stereocenters. The first kappa shape index (κ1) is 15.6. The van der Waals surface area contributed by atoms with E-state index < -0.39 is 0 Å². The average molecular weight is 274 g/mol.